The van der Waals surface area contributed by atoms with Crippen LogP contribution in [-0.4, -0.2) is 34.1 Å². The zero-order valence-corrected chi connectivity index (χ0v) is 13.7. The highest BCUT2D eigenvalue weighted by atomic mass is 35.5. The Hall–Kier alpha value is -2.18. The smallest absolute Gasteiger partial charge is 0.337 e. The zero-order chi connectivity index (χ0) is 17.4. The monoisotopic (exact) mass is 347 g/mol. The van der Waals surface area contributed by atoms with Gasteiger partial charge in [0.05, 0.1) is 39.3 Å². The van der Waals surface area contributed by atoms with Crippen LogP contribution >= 0.6 is 11.6 Å². The van der Waals surface area contributed by atoms with Gasteiger partial charge in [0.1, 0.15) is 0 Å². The highest BCUT2D eigenvalue weighted by Gasteiger charge is 2.70. The number of hydrogen-bond donors (Lipinski definition) is 1. The minimum absolute atomic E-state index is 0.0505. The molecule has 2 bridgehead atoms. The van der Waals surface area contributed by atoms with Crippen molar-refractivity contribution in [3.63, 3.8) is 0 Å². The average molecular weight is 348 g/mol. The highest BCUT2D eigenvalue weighted by molar-refractivity contribution is 6.34. The van der Waals surface area contributed by atoms with E-state index in [9.17, 15) is 19.5 Å². The number of anilines is 1. The van der Waals surface area contributed by atoms with Crippen molar-refractivity contribution in [2.45, 2.75) is 25.0 Å². The number of rotatable bonds is 2. The number of hydrogen-bond acceptors (Lipinski definition) is 4. The molecule has 1 aromatic rings. The van der Waals surface area contributed by atoms with Gasteiger partial charge in [-0.15, -0.1) is 0 Å². The van der Waals surface area contributed by atoms with Crippen LogP contribution in [0.3, 0.4) is 0 Å². The van der Waals surface area contributed by atoms with E-state index in [0.717, 1.165) is 4.90 Å². The molecule has 3 aliphatic heterocycles. The predicted molar refractivity (Wildman–Crippen MR) is 84.9 cm³/mol. The first-order valence-electron chi connectivity index (χ1n) is 7.49. The number of carbonyl (C=O) groups is 3. The molecule has 24 heavy (non-hydrogen) atoms. The first-order chi connectivity index (χ1) is 11.2. The summed E-state index contributed by atoms with van der Waals surface area (Å²) in [4.78, 5) is 38.1. The van der Waals surface area contributed by atoms with Crippen LogP contribution in [0.2, 0.25) is 5.02 Å². The number of aromatic carboxylic acids is 1. The second-order valence-electron chi connectivity index (χ2n) is 6.74. The van der Waals surface area contributed by atoms with E-state index in [1.807, 2.05) is 12.2 Å². The molecule has 2 amide bonds. The summed E-state index contributed by atoms with van der Waals surface area (Å²) >= 11 is 5.87. The van der Waals surface area contributed by atoms with Gasteiger partial charge in [-0.2, -0.15) is 0 Å². The number of carboxylic acids is 1. The molecule has 4 rings (SSSR count). The molecule has 2 fully saturated rings. The molecule has 0 spiro atoms. The van der Waals surface area contributed by atoms with Gasteiger partial charge in [-0.05, 0) is 32.0 Å². The summed E-state index contributed by atoms with van der Waals surface area (Å²) in [6, 6.07) is 4.11. The van der Waals surface area contributed by atoms with Crippen LogP contribution in [0, 0.1) is 11.8 Å². The Kier molecular flexibility index (Phi) is 2.85. The van der Waals surface area contributed by atoms with Crippen LogP contribution in [0.25, 0.3) is 0 Å². The second-order valence-corrected chi connectivity index (χ2v) is 7.15. The molecule has 0 radical (unpaired) electrons. The molecule has 6 nitrogen and oxygen atoms in total. The number of benzene rings is 1. The minimum Gasteiger partial charge on any atom is -0.478 e. The number of amides is 2. The van der Waals surface area contributed by atoms with Gasteiger partial charge in [-0.1, -0.05) is 23.8 Å². The van der Waals surface area contributed by atoms with Gasteiger partial charge >= 0.3 is 5.97 Å². The normalized spacial score (nSPS) is 36.5. The van der Waals surface area contributed by atoms with Crippen LogP contribution in [0.5, 0.6) is 0 Å². The van der Waals surface area contributed by atoms with Crippen molar-refractivity contribution in [3.8, 4) is 0 Å². The summed E-state index contributed by atoms with van der Waals surface area (Å²) in [7, 11) is 0. The fraction of sp³-hybridized carbons (Fsp3) is 0.353. The summed E-state index contributed by atoms with van der Waals surface area (Å²) in [5.74, 6) is -3.18. The Morgan fingerprint density at radius 3 is 2.21 bits per heavy atom. The lowest BCUT2D eigenvalue weighted by molar-refractivity contribution is -0.128. The van der Waals surface area contributed by atoms with Gasteiger partial charge in [-0.25, -0.2) is 9.69 Å². The van der Waals surface area contributed by atoms with E-state index in [1.54, 1.807) is 13.8 Å². The summed E-state index contributed by atoms with van der Waals surface area (Å²) in [5.41, 5.74) is -1.57. The Balaban J connectivity index is 1.80. The lowest BCUT2D eigenvalue weighted by Gasteiger charge is -2.25. The van der Waals surface area contributed by atoms with Gasteiger partial charge in [0.15, 0.2) is 0 Å². The maximum Gasteiger partial charge on any atom is 0.337 e. The Labute approximate surface area is 142 Å². The van der Waals surface area contributed by atoms with Gasteiger partial charge in [-0.3, -0.25) is 9.59 Å². The molecule has 0 unspecified atom stereocenters. The first kappa shape index (κ1) is 15.4. The second kappa shape index (κ2) is 4.46. The van der Waals surface area contributed by atoms with Crippen LogP contribution in [0.15, 0.2) is 30.4 Å². The van der Waals surface area contributed by atoms with Crippen molar-refractivity contribution in [1.82, 2.24) is 0 Å². The predicted octanol–water partition coefficient (Wildman–Crippen LogP) is 2.26. The van der Waals surface area contributed by atoms with E-state index in [4.69, 9.17) is 16.3 Å². The van der Waals surface area contributed by atoms with Crippen molar-refractivity contribution in [2.24, 2.45) is 11.8 Å². The molecule has 3 aliphatic rings. The SMILES string of the molecule is C[C@]12C=C[C@](C)(O1)[C@H]1C(=O)N(c3ccc(Cl)c(C(=O)O)c3)C(=O)[C@@H]12. The number of halogens is 1. The summed E-state index contributed by atoms with van der Waals surface area (Å²) in [6.45, 7) is 3.58. The first-order valence-corrected chi connectivity index (χ1v) is 7.87. The Bertz CT molecular complexity index is 813. The maximum absolute atomic E-state index is 12.9. The van der Waals surface area contributed by atoms with E-state index in [1.165, 1.54) is 18.2 Å². The van der Waals surface area contributed by atoms with Crippen molar-refractivity contribution in [2.75, 3.05) is 4.90 Å². The minimum atomic E-state index is -1.22. The third-order valence-corrected chi connectivity index (χ3v) is 5.49. The number of fused-ring (bicyclic) bond motifs is 5. The molecule has 0 saturated carbocycles. The van der Waals surface area contributed by atoms with Crippen molar-refractivity contribution in [1.29, 1.82) is 0 Å². The van der Waals surface area contributed by atoms with Crippen molar-refractivity contribution in [3.05, 3.63) is 40.9 Å². The van der Waals surface area contributed by atoms with Crippen molar-refractivity contribution < 1.29 is 24.2 Å². The molecular weight excluding hydrogens is 334 g/mol. The lowest BCUT2D eigenvalue weighted by atomic mass is 9.73. The number of imide groups is 1. The topological polar surface area (TPSA) is 83.9 Å². The fourth-order valence-corrected chi connectivity index (χ4v) is 4.30. The average Bonchev–Trinajstić information content (AvgIpc) is 3.04. The highest BCUT2D eigenvalue weighted by Crippen LogP contribution is 2.57. The van der Waals surface area contributed by atoms with E-state index in [-0.39, 0.29) is 28.1 Å². The van der Waals surface area contributed by atoms with E-state index in [2.05, 4.69) is 0 Å². The molecule has 0 aromatic heterocycles. The maximum atomic E-state index is 12.9. The summed E-state index contributed by atoms with van der Waals surface area (Å²) < 4.78 is 5.93. The van der Waals surface area contributed by atoms with E-state index < -0.39 is 29.0 Å². The summed E-state index contributed by atoms with van der Waals surface area (Å²) in [6.07, 6.45) is 3.65. The van der Waals surface area contributed by atoms with E-state index >= 15 is 0 Å². The standard InChI is InChI=1S/C17H14ClNO5/c1-16-5-6-17(2,24-16)12-11(16)13(20)19(14(12)21)8-3-4-10(18)9(7-8)15(22)23/h3-7,11-12H,1-2H3,(H,22,23)/t11-,12-,16-,17+/m1/s1. The number of ether oxygens (including phenoxy) is 1. The van der Waals surface area contributed by atoms with Crippen LogP contribution in [-0.2, 0) is 14.3 Å². The number of carboxylic acid groups (broad SMARTS) is 1. The van der Waals surface area contributed by atoms with Crippen LogP contribution in [0.4, 0.5) is 5.69 Å². The number of carbonyl (C=O) groups excluding carboxylic acids is 2. The third-order valence-electron chi connectivity index (χ3n) is 5.16. The largest absolute Gasteiger partial charge is 0.478 e. The molecule has 3 heterocycles. The quantitative estimate of drug-likeness (QED) is 0.655. The van der Waals surface area contributed by atoms with Gasteiger partial charge in [0, 0.05) is 0 Å². The lowest BCUT2D eigenvalue weighted by Crippen LogP contribution is -2.39. The molecule has 7 heteroatoms. The molecule has 124 valence electrons. The van der Waals surface area contributed by atoms with Crippen LogP contribution < -0.4 is 4.90 Å². The Morgan fingerprint density at radius 2 is 1.71 bits per heavy atom. The number of nitrogens with zero attached hydrogens (tertiary/aromatic N) is 1. The molecular formula is C17H14ClNO5. The zero-order valence-electron chi connectivity index (χ0n) is 12.9. The molecule has 2 saturated heterocycles. The van der Waals surface area contributed by atoms with Crippen LogP contribution in [0.1, 0.15) is 24.2 Å². The van der Waals surface area contributed by atoms with Gasteiger partial charge in [0.25, 0.3) is 0 Å². The molecule has 1 aromatic carbocycles. The van der Waals surface area contributed by atoms with Gasteiger partial charge in [0.2, 0.25) is 11.8 Å². The molecule has 0 aliphatic carbocycles. The van der Waals surface area contributed by atoms with E-state index in [0.29, 0.717) is 0 Å². The molecule has 1 N–H and O–H groups in total. The van der Waals surface area contributed by atoms with Crippen molar-refractivity contribution >= 4 is 35.1 Å². The Morgan fingerprint density at radius 1 is 1.17 bits per heavy atom. The molecule has 4 atom stereocenters. The van der Waals surface area contributed by atoms with Gasteiger partial charge < -0.3 is 9.84 Å². The fourth-order valence-electron chi connectivity index (χ4n) is 4.10. The third kappa shape index (κ3) is 1.72. The summed E-state index contributed by atoms with van der Waals surface area (Å²) in [5, 5.41) is 9.25.